The van der Waals surface area contributed by atoms with E-state index in [-0.39, 0.29) is 0 Å². The number of nitrogens with one attached hydrogen (secondary N) is 1. The predicted molar refractivity (Wildman–Crippen MR) is 50.6 cm³/mol. The fraction of sp³-hybridized carbons (Fsp3) is 0.600. The van der Waals surface area contributed by atoms with Crippen molar-refractivity contribution in [2.75, 3.05) is 13.2 Å². The smallest absolute Gasteiger partial charge is 0.0929 e. The van der Waals surface area contributed by atoms with Gasteiger partial charge in [0.1, 0.15) is 0 Å². The minimum Gasteiger partial charge on any atom is -0.297 e. The van der Waals surface area contributed by atoms with Gasteiger partial charge >= 0.3 is 0 Å². The number of hydrogen-bond donors (Lipinski definition) is 1. The molecule has 1 atom stereocenters. The van der Waals surface area contributed by atoms with E-state index in [1.807, 2.05) is 6.92 Å². The standard InChI is InChI=1S/C10H17NO/c1-3-11-12-8-10-6-4-9(2)5-7-10/h4,6-7,9,11H,3,5,8H2,1-2H3. The van der Waals surface area contributed by atoms with Crippen LogP contribution in [-0.4, -0.2) is 13.2 Å². The Labute approximate surface area is 74.3 Å². The molecule has 0 fully saturated rings. The van der Waals surface area contributed by atoms with Crippen molar-refractivity contribution in [1.29, 1.82) is 0 Å². The van der Waals surface area contributed by atoms with Crippen LogP contribution >= 0.6 is 0 Å². The second kappa shape index (κ2) is 5.12. The van der Waals surface area contributed by atoms with Crippen LogP contribution in [0.3, 0.4) is 0 Å². The third-order valence-electron chi connectivity index (χ3n) is 1.88. The molecule has 1 rings (SSSR count). The van der Waals surface area contributed by atoms with Crippen molar-refractivity contribution in [2.24, 2.45) is 5.92 Å². The van der Waals surface area contributed by atoms with Crippen molar-refractivity contribution in [3.05, 3.63) is 23.8 Å². The first-order valence-corrected chi connectivity index (χ1v) is 4.54. The van der Waals surface area contributed by atoms with Crippen LogP contribution in [0.15, 0.2) is 23.8 Å². The Hall–Kier alpha value is -0.600. The highest BCUT2D eigenvalue weighted by atomic mass is 16.6. The monoisotopic (exact) mass is 167 g/mol. The SMILES string of the molecule is CCNOCC1=CCC(C)C=C1. The molecule has 0 aromatic heterocycles. The molecule has 1 aliphatic rings. The number of allylic oxidation sites excluding steroid dienone is 2. The lowest BCUT2D eigenvalue weighted by molar-refractivity contribution is 0.0627. The highest BCUT2D eigenvalue weighted by Crippen LogP contribution is 2.14. The van der Waals surface area contributed by atoms with E-state index in [1.54, 1.807) is 0 Å². The molecule has 0 radical (unpaired) electrons. The lowest BCUT2D eigenvalue weighted by atomic mass is 9.99. The average molecular weight is 167 g/mol. The van der Waals surface area contributed by atoms with E-state index in [0.29, 0.717) is 12.5 Å². The summed E-state index contributed by atoms with van der Waals surface area (Å²) in [6, 6.07) is 0. The van der Waals surface area contributed by atoms with Crippen molar-refractivity contribution < 1.29 is 4.84 Å². The summed E-state index contributed by atoms with van der Waals surface area (Å²) in [5, 5.41) is 0. The molecular formula is C10H17NO. The molecule has 0 spiro atoms. The van der Waals surface area contributed by atoms with Gasteiger partial charge in [-0.05, 0) is 17.9 Å². The molecule has 1 aliphatic carbocycles. The Morgan fingerprint density at radius 1 is 1.67 bits per heavy atom. The summed E-state index contributed by atoms with van der Waals surface area (Å²) in [7, 11) is 0. The summed E-state index contributed by atoms with van der Waals surface area (Å²) < 4.78 is 0. The van der Waals surface area contributed by atoms with Gasteiger partial charge < -0.3 is 0 Å². The lowest BCUT2D eigenvalue weighted by Crippen LogP contribution is -2.15. The van der Waals surface area contributed by atoms with Gasteiger partial charge in [0.2, 0.25) is 0 Å². The van der Waals surface area contributed by atoms with Crippen LogP contribution in [-0.2, 0) is 4.84 Å². The zero-order valence-corrected chi connectivity index (χ0v) is 7.84. The van der Waals surface area contributed by atoms with Gasteiger partial charge in [-0.2, -0.15) is 0 Å². The Bertz CT molecular complexity index is 184. The molecule has 0 aromatic rings. The normalized spacial score (nSPS) is 22.5. The van der Waals surface area contributed by atoms with Crippen molar-refractivity contribution >= 4 is 0 Å². The predicted octanol–water partition coefficient (Wildman–Crippen LogP) is 2.05. The van der Waals surface area contributed by atoms with Crippen molar-refractivity contribution in [1.82, 2.24) is 5.48 Å². The molecule has 0 bridgehead atoms. The molecule has 0 aromatic carbocycles. The maximum atomic E-state index is 5.19. The van der Waals surface area contributed by atoms with Crippen LogP contribution in [0.2, 0.25) is 0 Å². The van der Waals surface area contributed by atoms with E-state index in [4.69, 9.17) is 4.84 Å². The third kappa shape index (κ3) is 3.20. The van der Waals surface area contributed by atoms with E-state index in [0.717, 1.165) is 13.0 Å². The second-order valence-electron chi connectivity index (χ2n) is 3.14. The number of rotatable bonds is 4. The quantitative estimate of drug-likeness (QED) is 0.511. The van der Waals surface area contributed by atoms with Crippen LogP contribution < -0.4 is 5.48 Å². The maximum Gasteiger partial charge on any atom is 0.0929 e. The second-order valence-corrected chi connectivity index (χ2v) is 3.14. The fourth-order valence-corrected chi connectivity index (χ4v) is 1.12. The van der Waals surface area contributed by atoms with E-state index in [9.17, 15) is 0 Å². The topological polar surface area (TPSA) is 21.3 Å². The fourth-order valence-electron chi connectivity index (χ4n) is 1.12. The molecule has 0 aliphatic heterocycles. The van der Waals surface area contributed by atoms with E-state index < -0.39 is 0 Å². The molecule has 68 valence electrons. The number of hydroxylamine groups is 1. The van der Waals surface area contributed by atoms with Gasteiger partial charge in [-0.25, -0.2) is 5.48 Å². The van der Waals surface area contributed by atoms with Gasteiger partial charge in [-0.15, -0.1) is 0 Å². The Morgan fingerprint density at radius 2 is 2.50 bits per heavy atom. The van der Waals surface area contributed by atoms with Crippen LogP contribution in [0.25, 0.3) is 0 Å². The summed E-state index contributed by atoms with van der Waals surface area (Å²) >= 11 is 0. The van der Waals surface area contributed by atoms with E-state index in [1.165, 1.54) is 5.57 Å². The van der Waals surface area contributed by atoms with Crippen molar-refractivity contribution in [3.8, 4) is 0 Å². The largest absolute Gasteiger partial charge is 0.297 e. The summed E-state index contributed by atoms with van der Waals surface area (Å²) in [6.07, 6.45) is 7.75. The summed E-state index contributed by atoms with van der Waals surface area (Å²) in [5.74, 6) is 0.688. The first-order valence-electron chi connectivity index (χ1n) is 4.54. The average Bonchev–Trinajstić information content (AvgIpc) is 2.09. The molecule has 0 saturated heterocycles. The van der Waals surface area contributed by atoms with E-state index in [2.05, 4.69) is 30.6 Å². The molecular weight excluding hydrogens is 150 g/mol. The zero-order chi connectivity index (χ0) is 8.81. The van der Waals surface area contributed by atoms with Gasteiger partial charge in [0.15, 0.2) is 0 Å². The van der Waals surface area contributed by atoms with Gasteiger partial charge in [0.25, 0.3) is 0 Å². The minimum absolute atomic E-state index is 0.678. The Balaban J connectivity index is 2.21. The van der Waals surface area contributed by atoms with E-state index >= 15 is 0 Å². The molecule has 1 N–H and O–H groups in total. The van der Waals surface area contributed by atoms with Crippen LogP contribution in [0, 0.1) is 5.92 Å². The summed E-state index contributed by atoms with van der Waals surface area (Å²) in [4.78, 5) is 5.19. The first kappa shape index (κ1) is 9.49. The third-order valence-corrected chi connectivity index (χ3v) is 1.88. The van der Waals surface area contributed by atoms with Gasteiger partial charge in [-0.1, -0.05) is 32.1 Å². The van der Waals surface area contributed by atoms with Crippen molar-refractivity contribution in [2.45, 2.75) is 20.3 Å². The first-order chi connectivity index (χ1) is 5.83. The molecule has 0 amide bonds. The molecule has 2 heteroatoms. The summed E-state index contributed by atoms with van der Waals surface area (Å²) in [6.45, 7) is 5.77. The van der Waals surface area contributed by atoms with Crippen molar-refractivity contribution in [3.63, 3.8) is 0 Å². The van der Waals surface area contributed by atoms with Crippen LogP contribution in [0.5, 0.6) is 0 Å². The van der Waals surface area contributed by atoms with Gasteiger partial charge in [-0.3, -0.25) is 4.84 Å². The summed E-state index contributed by atoms with van der Waals surface area (Å²) in [5.41, 5.74) is 4.10. The molecule has 12 heavy (non-hydrogen) atoms. The maximum absolute atomic E-state index is 5.19. The minimum atomic E-state index is 0.678. The highest BCUT2D eigenvalue weighted by molar-refractivity contribution is 5.23. The Kier molecular flexibility index (Phi) is 4.05. The molecule has 2 nitrogen and oxygen atoms in total. The van der Waals surface area contributed by atoms with Crippen LogP contribution in [0.1, 0.15) is 20.3 Å². The lowest BCUT2D eigenvalue weighted by Gasteiger charge is -2.11. The Morgan fingerprint density at radius 3 is 3.08 bits per heavy atom. The molecule has 1 unspecified atom stereocenters. The zero-order valence-electron chi connectivity index (χ0n) is 7.84. The number of hydrogen-bond acceptors (Lipinski definition) is 2. The highest BCUT2D eigenvalue weighted by Gasteiger charge is 2.02. The molecule has 0 heterocycles. The molecule has 0 saturated carbocycles. The van der Waals surface area contributed by atoms with Gasteiger partial charge in [0.05, 0.1) is 6.61 Å². The van der Waals surface area contributed by atoms with Gasteiger partial charge in [0, 0.05) is 6.54 Å². The van der Waals surface area contributed by atoms with Crippen LogP contribution in [0.4, 0.5) is 0 Å².